The van der Waals surface area contributed by atoms with Crippen LogP contribution < -0.4 is 4.90 Å². The highest BCUT2D eigenvalue weighted by atomic mass is 79.9. The highest BCUT2D eigenvalue weighted by Crippen LogP contribution is 2.39. The average Bonchev–Trinajstić information content (AvgIpc) is 3.10. The van der Waals surface area contributed by atoms with Crippen LogP contribution in [0.3, 0.4) is 0 Å². The van der Waals surface area contributed by atoms with Gasteiger partial charge in [-0.3, -0.25) is 0 Å². The molecule has 0 spiro atoms. The number of hydrogen-bond donors (Lipinski definition) is 0. The summed E-state index contributed by atoms with van der Waals surface area (Å²) in [6, 6.07) is 18.7. The highest BCUT2D eigenvalue weighted by Gasteiger charge is 2.19. The SMILES string of the molecule is CCN(Cc1ccccc1)c1nc(Cl)nc2scc(-c3ccc(Br)cc3)c12. The number of fused-ring (bicyclic) bond motifs is 1. The third-order valence-corrected chi connectivity index (χ3v) is 6.01. The Morgan fingerprint density at radius 3 is 2.48 bits per heavy atom. The second-order valence-corrected chi connectivity index (χ2v) is 8.26. The molecule has 0 bridgehead atoms. The van der Waals surface area contributed by atoms with Crippen LogP contribution in [0.1, 0.15) is 12.5 Å². The van der Waals surface area contributed by atoms with Crippen molar-refractivity contribution in [3.05, 3.63) is 75.3 Å². The summed E-state index contributed by atoms with van der Waals surface area (Å²) in [4.78, 5) is 12.2. The van der Waals surface area contributed by atoms with E-state index in [1.165, 1.54) is 5.56 Å². The fourth-order valence-corrected chi connectivity index (χ4v) is 4.53. The van der Waals surface area contributed by atoms with Crippen LogP contribution in [0, 0.1) is 0 Å². The first-order chi connectivity index (χ1) is 13.2. The number of thiophene rings is 1. The van der Waals surface area contributed by atoms with Crippen LogP contribution >= 0.6 is 38.9 Å². The topological polar surface area (TPSA) is 29.0 Å². The smallest absolute Gasteiger partial charge is 0.225 e. The van der Waals surface area contributed by atoms with E-state index < -0.39 is 0 Å². The minimum atomic E-state index is 0.285. The van der Waals surface area contributed by atoms with E-state index in [4.69, 9.17) is 11.6 Å². The van der Waals surface area contributed by atoms with E-state index in [9.17, 15) is 0 Å². The quantitative estimate of drug-likeness (QED) is 0.308. The van der Waals surface area contributed by atoms with Gasteiger partial charge in [0.05, 0.1) is 5.39 Å². The van der Waals surface area contributed by atoms with Crippen LogP contribution in [0.5, 0.6) is 0 Å². The Morgan fingerprint density at radius 1 is 1.04 bits per heavy atom. The van der Waals surface area contributed by atoms with E-state index in [0.717, 1.165) is 44.7 Å². The molecule has 0 aliphatic heterocycles. The van der Waals surface area contributed by atoms with Crippen LogP contribution in [-0.4, -0.2) is 16.5 Å². The molecule has 3 nitrogen and oxygen atoms in total. The van der Waals surface area contributed by atoms with Gasteiger partial charge in [0.15, 0.2) is 0 Å². The summed E-state index contributed by atoms with van der Waals surface area (Å²) in [7, 11) is 0. The molecular weight excluding hydrogens is 442 g/mol. The van der Waals surface area contributed by atoms with Crippen molar-refractivity contribution in [1.29, 1.82) is 0 Å². The average molecular weight is 459 g/mol. The van der Waals surface area contributed by atoms with Crippen LogP contribution in [0.4, 0.5) is 5.82 Å². The van der Waals surface area contributed by atoms with E-state index >= 15 is 0 Å². The van der Waals surface area contributed by atoms with Gasteiger partial charge in [0.1, 0.15) is 10.6 Å². The normalized spacial score (nSPS) is 11.1. The lowest BCUT2D eigenvalue weighted by Gasteiger charge is -2.23. The molecule has 0 atom stereocenters. The summed E-state index contributed by atoms with van der Waals surface area (Å²) in [6.07, 6.45) is 0. The molecule has 4 aromatic rings. The van der Waals surface area contributed by atoms with E-state index in [-0.39, 0.29) is 5.28 Å². The molecule has 0 radical (unpaired) electrons. The third kappa shape index (κ3) is 3.86. The maximum Gasteiger partial charge on any atom is 0.225 e. The Balaban J connectivity index is 1.85. The van der Waals surface area contributed by atoms with Crippen LogP contribution in [0.2, 0.25) is 5.28 Å². The molecule has 136 valence electrons. The molecule has 0 saturated carbocycles. The van der Waals surface area contributed by atoms with Gasteiger partial charge in [0.2, 0.25) is 5.28 Å². The van der Waals surface area contributed by atoms with Gasteiger partial charge in [-0.2, -0.15) is 4.98 Å². The summed E-state index contributed by atoms with van der Waals surface area (Å²) in [5.41, 5.74) is 3.52. The van der Waals surface area contributed by atoms with Crippen molar-refractivity contribution in [2.24, 2.45) is 0 Å². The van der Waals surface area contributed by atoms with Gasteiger partial charge >= 0.3 is 0 Å². The Bertz CT molecular complexity index is 1060. The lowest BCUT2D eigenvalue weighted by molar-refractivity contribution is 0.817. The second kappa shape index (κ2) is 7.97. The predicted octanol–water partition coefficient (Wildman–Crippen LogP) is 6.80. The lowest BCUT2D eigenvalue weighted by atomic mass is 10.1. The van der Waals surface area contributed by atoms with Gasteiger partial charge in [-0.1, -0.05) is 58.4 Å². The van der Waals surface area contributed by atoms with E-state index in [0.29, 0.717) is 0 Å². The van der Waals surface area contributed by atoms with Crippen molar-refractivity contribution < 1.29 is 0 Å². The monoisotopic (exact) mass is 457 g/mol. The Kier molecular flexibility index (Phi) is 5.43. The Hall–Kier alpha value is -1.95. The van der Waals surface area contributed by atoms with Gasteiger partial charge < -0.3 is 4.90 Å². The summed E-state index contributed by atoms with van der Waals surface area (Å²) in [5, 5.41) is 3.48. The molecule has 0 saturated heterocycles. The van der Waals surface area contributed by atoms with Crippen molar-refractivity contribution >= 4 is 54.9 Å². The van der Waals surface area contributed by atoms with Gasteiger partial charge in [-0.05, 0) is 41.8 Å². The van der Waals surface area contributed by atoms with Crippen molar-refractivity contribution in [1.82, 2.24) is 9.97 Å². The molecule has 0 amide bonds. The summed E-state index contributed by atoms with van der Waals surface area (Å²) >= 11 is 11.4. The van der Waals surface area contributed by atoms with Crippen LogP contribution in [-0.2, 0) is 6.54 Å². The lowest BCUT2D eigenvalue weighted by Crippen LogP contribution is -2.23. The molecule has 2 aromatic heterocycles. The zero-order valence-electron chi connectivity index (χ0n) is 14.7. The Labute approximate surface area is 175 Å². The number of benzene rings is 2. The maximum atomic E-state index is 6.26. The first-order valence-corrected chi connectivity index (χ1v) is 10.7. The zero-order chi connectivity index (χ0) is 18.8. The fourth-order valence-electron chi connectivity index (χ4n) is 3.11. The van der Waals surface area contributed by atoms with Gasteiger partial charge in [0, 0.05) is 28.5 Å². The van der Waals surface area contributed by atoms with Crippen molar-refractivity contribution in [2.45, 2.75) is 13.5 Å². The number of hydrogen-bond acceptors (Lipinski definition) is 4. The van der Waals surface area contributed by atoms with Crippen LogP contribution in [0.25, 0.3) is 21.3 Å². The largest absolute Gasteiger partial charge is 0.352 e. The van der Waals surface area contributed by atoms with Crippen molar-refractivity contribution in [3.8, 4) is 11.1 Å². The standard InChI is InChI=1S/C21H17BrClN3S/c1-2-26(12-14-6-4-3-5-7-14)19-18-17(15-8-10-16(22)11-9-15)13-27-20(18)25-21(23)24-19/h3-11,13H,2,12H2,1H3. The summed E-state index contributed by atoms with van der Waals surface area (Å²) < 4.78 is 1.06. The van der Waals surface area contributed by atoms with E-state index in [2.05, 4.69) is 91.6 Å². The first kappa shape index (κ1) is 18.4. The molecule has 0 aliphatic rings. The van der Waals surface area contributed by atoms with Gasteiger partial charge in [-0.15, -0.1) is 11.3 Å². The summed E-state index contributed by atoms with van der Waals surface area (Å²) in [5.74, 6) is 0.885. The molecule has 0 fully saturated rings. The minimum absolute atomic E-state index is 0.285. The van der Waals surface area contributed by atoms with Crippen molar-refractivity contribution in [3.63, 3.8) is 0 Å². The Morgan fingerprint density at radius 2 is 1.78 bits per heavy atom. The molecule has 0 aliphatic carbocycles. The maximum absolute atomic E-state index is 6.26. The molecular formula is C21H17BrClN3S. The van der Waals surface area contributed by atoms with Crippen LogP contribution in [0.15, 0.2) is 64.5 Å². The van der Waals surface area contributed by atoms with E-state index in [1.54, 1.807) is 11.3 Å². The number of anilines is 1. The fraction of sp³-hybridized carbons (Fsp3) is 0.143. The first-order valence-electron chi connectivity index (χ1n) is 8.65. The highest BCUT2D eigenvalue weighted by molar-refractivity contribution is 9.10. The predicted molar refractivity (Wildman–Crippen MR) is 119 cm³/mol. The molecule has 6 heteroatoms. The van der Waals surface area contributed by atoms with Gasteiger partial charge in [0.25, 0.3) is 0 Å². The third-order valence-electron chi connectivity index (χ3n) is 4.44. The second-order valence-electron chi connectivity index (χ2n) is 6.15. The number of aromatic nitrogens is 2. The van der Waals surface area contributed by atoms with Gasteiger partial charge in [-0.25, -0.2) is 4.98 Å². The zero-order valence-corrected chi connectivity index (χ0v) is 17.9. The minimum Gasteiger partial charge on any atom is -0.352 e. The molecule has 4 rings (SSSR count). The molecule has 27 heavy (non-hydrogen) atoms. The number of nitrogens with zero attached hydrogens (tertiary/aromatic N) is 3. The molecule has 2 aromatic carbocycles. The molecule has 0 N–H and O–H groups in total. The van der Waals surface area contributed by atoms with Crippen molar-refractivity contribution in [2.75, 3.05) is 11.4 Å². The number of rotatable bonds is 5. The van der Waals surface area contributed by atoms with E-state index in [1.807, 2.05) is 6.07 Å². The molecule has 2 heterocycles. The summed E-state index contributed by atoms with van der Waals surface area (Å²) in [6.45, 7) is 3.73. The molecule has 0 unspecified atom stereocenters. The number of halogens is 2.